The van der Waals surface area contributed by atoms with Gasteiger partial charge in [-0.25, -0.2) is 9.37 Å². The normalized spacial score (nSPS) is 13.9. The third-order valence-electron chi connectivity index (χ3n) is 3.75. The number of aryl methyl sites for hydroxylation is 2. The number of hydrogen-bond acceptors (Lipinski definition) is 3. The first-order chi connectivity index (χ1) is 10.1. The molecule has 0 aliphatic carbocycles. The maximum Gasteiger partial charge on any atom is 0.261 e. The summed E-state index contributed by atoms with van der Waals surface area (Å²) < 4.78 is 14.0. The van der Waals surface area contributed by atoms with Crippen molar-refractivity contribution in [2.24, 2.45) is 0 Å². The van der Waals surface area contributed by atoms with Crippen molar-refractivity contribution < 1.29 is 9.18 Å². The number of nitrogen functional groups attached to an aromatic ring is 1. The number of amides is 1. The predicted molar refractivity (Wildman–Crippen MR) is 79.8 cm³/mol. The number of halogens is 1. The van der Waals surface area contributed by atoms with Gasteiger partial charge >= 0.3 is 0 Å². The molecule has 1 amide bonds. The number of anilines is 2. The van der Waals surface area contributed by atoms with Gasteiger partial charge in [0.05, 0.1) is 5.56 Å². The summed E-state index contributed by atoms with van der Waals surface area (Å²) in [7, 11) is 0. The zero-order valence-corrected chi connectivity index (χ0v) is 11.8. The van der Waals surface area contributed by atoms with Crippen molar-refractivity contribution in [2.45, 2.75) is 19.8 Å². The highest BCUT2D eigenvalue weighted by Crippen LogP contribution is 2.29. The van der Waals surface area contributed by atoms with Crippen LogP contribution in [0.15, 0.2) is 30.5 Å². The number of nitrogens with two attached hydrogens (primary N) is 1. The lowest BCUT2D eigenvalue weighted by Crippen LogP contribution is -2.36. The molecule has 0 spiro atoms. The molecule has 0 bridgehead atoms. The van der Waals surface area contributed by atoms with Crippen LogP contribution in [0.5, 0.6) is 0 Å². The zero-order valence-electron chi connectivity index (χ0n) is 11.8. The predicted octanol–water partition coefficient (Wildman–Crippen LogP) is 2.70. The van der Waals surface area contributed by atoms with Crippen LogP contribution in [0.25, 0.3) is 0 Å². The number of pyridine rings is 1. The standard InChI is InChI=1S/C16H16FN3O/c1-10-4-5-13-11(9-10)3-2-8-20(13)16(21)12-6-7-19-15(18)14(12)17/h4-7,9H,2-3,8H2,1H3,(H2,18,19). The lowest BCUT2D eigenvalue weighted by Gasteiger charge is -2.30. The quantitative estimate of drug-likeness (QED) is 0.876. The van der Waals surface area contributed by atoms with E-state index in [1.807, 2.05) is 19.1 Å². The average Bonchev–Trinajstić information content (AvgIpc) is 2.48. The van der Waals surface area contributed by atoms with E-state index in [0.29, 0.717) is 6.54 Å². The van der Waals surface area contributed by atoms with Gasteiger partial charge in [0.2, 0.25) is 0 Å². The number of carbonyl (C=O) groups excluding carboxylic acids is 1. The fraction of sp³-hybridized carbons (Fsp3) is 0.250. The van der Waals surface area contributed by atoms with Gasteiger partial charge in [0.25, 0.3) is 5.91 Å². The second kappa shape index (κ2) is 5.16. The van der Waals surface area contributed by atoms with Crippen LogP contribution in [-0.4, -0.2) is 17.4 Å². The molecule has 2 aromatic rings. The van der Waals surface area contributed by atoms with E-state index in [1.54, 1.807) is 4.90 Å². The molecule has 0 atom stereocenters. The second-order valence-electron chi connectivity index (χ2n) is 5.25. The molecule has 0 saturated heterocycles. The molecule has 0 saturated carbocycles. The molecule has 1 aliphatic rings. The van der Waals surface area contributed by atoms with E-state index in [-0.39, 0.29) is 17.3 Å². The van der Waals surface area contributed by atoms with Crippen LogP contribution in [0.2, 0.25) is 0 Å². The largest absolute Gasteiger partial charge is 0.381 e. The van der Waals surface area contributed by atoms with E-state index in [9.17, 15) is 9.18 Å². The highest BCUT2D eigenvalue weighted by molar-refractivity contribution is 6.07. The molecule has 0 radical (unpaired) electrons. The average molecular weight is 285 g/mol. The molecule has 4 nitrogen and oxygen atoms in total. The number of rotatable bonds is 1. The van der Waals surface area contributed by atoms with Crippen LogP contribution < -0.4 is 10.6 Å². The molecule has 21 heavy (non-hydrogen) atoms. The second-order valence-corrected chi connectivity index (χ2v) is 5.25. The van der Waals surface area contributed by atoms with Gasteiger partial charge < -0.3 is 10.6 Å². The summed E-state index contributed by atoms with van der Waals surface area (Å²) in [4.78, 5) is 17.9. The zero-order chi connectivity index (χ0) is 15.0. The number of benzene rings is 1. The van der Waals surface area contributed by atoms with Crippen LogP contribution >= 0.6 is 0 Å². The molecular formula is C16H16FN3O. The highest BCUT2D eigenvalue weighted by atomic mass is 19.1. The summed E-state index contributed by atoms with van der Waals surface area (Å²) in [5, 5.41) is 0. The Balaban J connectivity index is 2.02. The summed E-state index contributed by atoms with van der Waals surface area (Å²) in [6.07, 6.45) is 3.15. The van der Waals surface area contributed by atoms with Crippen molar-refractivity contribution in [3.05, 3.63) is 53.0 Å². The number of nitrogens with zero attached hydrogens (tertiary/aromatic N) is 2. The van der Waals surface area contributed by atoms with Gasteiger partial charge in [0.1, 0.15) is 0 Å². The molecule has 108 valence electrons. The molecule has 0 unspecified atom stereocenters. The van der Waals surface area contributed by atoms with E-state index in [4.69, 9.17) is 5.73 Å². The van der Waals surface area contributed by atoms with Crippen molar-refractivity contribution in [2.75, 3.05) is 17.2 Å². The van der Waals surface area contributed by atoms with E-state index in [0.717, 1.165) is 29.7 Å². The minimum Gasteiger partial charge on any atom is -0.381 e. The van der Waals surface area contributed by atoms with Crippen LogP contribution in [0.4, 0.5) is 15.9 Å². The number of aromatic nitrogens is 1. The first-order valence-electron chi connectivity index (χ1n) is 6.89. The van der Waals surface area contributed by atoms with Gasteiger partial charge in [-0.1, -0.05) is 17.7 Å². The lowest BCUT2D eigenvalue weighted by molar-refractivity contribution is 0.0981. The fourth-order valence-corrected chi connectivity index (χ4v) is 2.71. The van der Waals surface area contributed by atoms with Gasteiger partial charge in [-0.2, -0.15) is 0 Å². The first kappa shape index (κ1) is 13.5. The van der Waals surface area contributed by atoms with E-state index >= 15 is 0 Å². The SMILES string of the molecule is Cc1ccc2c(c1)CCCN2C(=O)c1ccnc(N)c1F. The molecule has 0 fully saturated rings. The molecule has 2 N–H and O–H groups in total. The molecule has 1 aromatic heterocycles. The van der Waals surface area contributed by atoms with Gasteiger partial charge in [0.15, 0.2) is 11.6 Å². The van der Waals surface area contributed by atoms with Crippen molar-refractivity contribution in [1.29, 1.82) is 0 Å². The minimum absolute atomic E-state index is 0.0316. The number of fused-ring (bicyclic) bond motifs is 1. The molecule has 5 heteroatoms. The van der Waals surface area contributed by atoms with Crippen molar-refractivity contribution in [1.82, 2.24) is 4.98 Å². The molecular weight excluding hydrogens is 269 g/mol. The van der Waals surface area contributed by atoms with Gasteiger partial charge in [0, 0.05) is 18.4 Å². The van der Waals surface area contributed by atoms with Gasteiger partial charge in [-0.3, -0.25) is 4.79 Å². The Bertz CT molecular complexity index is 715. The Morgan fingerprint density at radius 3 is 3.00 bits per heavy atom. The van der Waals surface area contributed by atoms with Gasteiger partial charge in [-0.05, 0) is 37.5 Å². The van der Waals surface area contributed by atoms with E-state index in [1.165, 1.54) is 12.3 Å². The van der Waals surface area contributed by atoms with Crippen molar-refractivity contribution in [3.63, 3.8) is 0 Å². The topological polar surface area (TPSA) is 59.2 Å². The molecule has 3 rings (SSSR count). The number of carbonyl (C=O) groups is 1. The smallest absolute Gasteiger partial charge is 0.261 e. The highest BCUT2D eigenvalue weighted by Gasteiger charge is 2.26. The van der Waals surface area contributed by atoms with Crippen LogP contribution in [0.3, 0.4) is 0 Å². The Morgan fingerprint density at radius 1 is 1.38 bits per heavy atom. The molecule has 1 aromatic carbocycles. The molecule has 1 aliphatic heterocycles. The number of hydrogen-bond donors (Lipinski definition) is 1. The van der Waals surface area contributed by atoms with Gasteiger partial charge in [-0.15, -0.1) is 0 Å². The monoisotopic (exact) mass is 285 g/mol. The van der Waals surface area contributed by atoms with E-state index < -0.39 is 5.82 Å². The van der Waals surface area contributed by atoms with Crippen LogP contribution in [0.1, 0.15) is 27.9 Å². The Kier molecular flexibility index (Phi) is 3.33. The summed E-state index contributed by atoms with van der Waals surface area (Å²) in [6.45, 7) is 2.60. The molecule has 2 heterocycles. The van der Waals surface area contributed by atoms with E-state index in [2.05, 4.69) is 11.1 Å². The first-order valence-corrected chi connectivity index (χ1v) is 6.89. The Hall–Kier alpha value is -2.43. The summed E-state index contributed by atoms with van der Waals surface area (Å²) in [5.41, 5.74) is 8.54. The minimum atomic E-state index is -0.748. The lowest BCUT2D eigenvalue weighted by atomic mass is 9.99. The summed E-state index contributed by atoms with van der Waals surface area (Å²) in [6, 6.07) is 7.33. The summed E-state index contributed by atoms with van der Waals surface area (Å²) in [5.74, 6) is -1.37. The fourth-order valence-electron chi connectivity index (χ4n) is 2.71. The van der Waals surface area contributed by atoms with Crippen LogP contribution in [-0.2, 0) is 6.42 Å². The Morgan fingerprint density at radius 2 is 2.19 bits per heavy atom. The third-order valence-corrected chi connectivity index (χ3v) is 3.75. The van der Waals surface area contributed by atoms with Crippen molar-refractivity contribution >= 4 is 17.4 Å². The maximum atomic E-state index is 14.0. The summed E-state index contributed by atoms with van der Waals surface area (Å²) >= 11 is 0. The van der Waals surface area contributed by atoms with Crippen LogP contribution in [0, 0.1) is 12.7 Å². The van der Waals surface area contributed by atoms with Crippen molar-refractivity contribution in [3.8, 4) is 0 Å². The Labute approximate surface area is 122 Å². The maximum absolute atomic E-state index is 14.0. The third kappa shape index (κ3) is 2.35.